The molecule has 3 nitrogen and oxygen atoms in total. The molecule has 1 heterocycles. The van der Waals surface area contributed by atoms with Crippen molar-refractivity contribution in [2.24, 2.45) is 0 Å². The lowest BCUT2D eigenvalue weighted by Crippen LogP contribution is -2.13. The van der Waals surface area contributed by atoms with Gasteiger partial charge in [-0.05, 0) is 53.0 Å². The summed E-state index contributed by atoms with van der Waals surface area (Å²) >= 11 is 4.83. The first-order valence-electron chi connectivity index (χ1n) is 5.40. The zero-order valence-corrected chi connectivity index (χ0v) is 12.5. The maximum Gasteiger partial charge on any atom is 0.256 e. The summed E-state index contributed by atoms with van der Waals surface area (Å²) in [7, 11) is 0. The summed E-state index contributed by atoms with van der Waals surface area (Å²) in [6, 6.07) is 5.56. The summed E-state index contributed by atoms with van der Waals surface area (Å²) in [5.41, 5.74) is 9.88. The Morgan fingerprint density at radius 3 is 2.72 bits per heavy atom. The minimum Gasteiger partial charge on any atom is -0.398 e. The Balaban J connectivity index is 2.30. The number of halogens is 1. The Hall–Kier alpha value is -1.33. The zero-order chi connectivity index (χ0) is 13.3. The first-order chi connectivity index (χ1) is 8.49. The van der Waals surface area contributed by atoms with E-state index >= 15 is 0 Å². The fourth-order valence-corrected chi connectivity index (χ4v) is 2.81. The molecule has 0 saturated carbocycles. The lowest BCUT2D eigenvalue weighted by atomic mass is 10.1. The van der Waals surface area contributed by atoms with Crippen molar-refractivity contribution in [3.8, 4) is 0 Å². The van der Waals surface area contributed by atoms with Crippen LogP contribution in [0.25, 0.3) is 0 Å². The lowest BCUT2D eigenvalue weighted by molar-refractivity contribution is 0.102. The molecule has 1 aromatic carbocycles. The normalized spacial score (nSPS) is 10.4. The van der Waals surface area contributed by atoms with Gasteiger partial charge in [-0.2, -0.15) is 0 Å². The van der Waals surface area contributed by atoms with Gasteiger partial charge in [0, 0.05) is 16.8 Å². The van der Waals surface area contributed by atoms with Crippen molar-refractivity contribution in [2.45, 2.75) is 13.8 Å². The Kier molecular flexibility index (Phi) is 3.73. The topological polar surface area (TPSA) is 55.1 Å². The van der Waals surface area contributed by atoms with Crippen molar-refractivity contribution < 1.29 is 4.79 Å². The first kappa shape index (κ1) is 13.1. The van der Waals surface area contributed by atoms with Crippen LogP contribution >= 0.6 is 27.3 Å². The number of carbonyl (C=O) groups excluding carboxylic acids is 1. The molecule has 0 radical (unpaired) electrons. The molecule has 1 amide bonds. The van der Waals surface area contributed by atoms with E-state index in [1.807, 2.05) is 31.4 Å². The zero-order valence-electron chi connectivity index (χ0n) is 10.1. The number of aryl methyl sites for hydroxylation is 1. The smallest absolute Gasteiger partial charge is 0.256 e. The number of nitrogens with one attached hydrogen (secondary N) is 1. The molecular formula is C13H13BrN2OS. The molecule has 0 spiro atoms. The number of hydrogen-bond acceptors (Lipinski definition) is 3. The highest BCUT2D eigenvalue weighted by Crippen LogP contribution is 2.27. The van der Waals surface area contributed by atoms with E-state index < -0.39 is 0 Å². The van der Waals surface area contributed by atoms with Gasteiger partial charge in [-0.25, -0.2) is 0 Å². The van der Waals surface area contributed by atoms with Crippen LogP contribution in [-0.4, -0.2) is 5.91 Å². The first-order valence-corrected chi connectivity index (χ1v) is 7.07. The molecule has 0 saturated heterocycles. The van der Waals surface area contributed by atoms with Crippen LogP contribution < -0.4 is 11.1 Å². The van der Waals surface area contributed by atoms with Gasteiger partial charge >= 0.3 is 0 Å². The Labute approximate surface area is 118 Å². The monoisotopic (exact) mass is 324 g/mol. The molecule has 2 aromatic rings. The average molecular weight is 325 g/mol. The number of benzene rings is 1. The summed E-state index contributed by atoms with van der Waals surface area (Å²) in [6.45, 7) is 3.85. The van der Waals surface area contributed by atoms with Crippen LogP contribution in [0.5, 0.6) is 0 Å². The van der Waals surface area contributed by atoms with Gasteiger partial charge in [-0.3, -0.25) is 4.79 Å². The van der Waals surface area contributed by atoms with E-state index in [0.717, 1.165) is 20.6 Å². The fourth-order valence-electron chi connectivity index (χ4n) is 1.67. The number of carbonyl (C=O) groups is 1. The van der Waals surface area contributed by atoms with Gasteiger partial charge in [-0.1, -0.05) is 6.07 Å². The molecule has 0 aliphatic rings. The number of amides is 1. The highest BCUT2D eigenvalue weighted by atomic mass is 79.9. The average Bonchev–Trinajstić information content (AvgIpc) is 2.76. The number of nitrogens with two attached hydrogens (primary N) is 1. The maximum atomic E-state index is 12.1. The molecular weight excluding hydrogens is 312 g/mol. The van der Waals surface area contributed by atoms with Crippen LogP contribution in [0.4, 0.5) is 11.4 Å². The quantitative estimate of drug-likeness (QED) is 0.821. The molecule has 0 unspecified atom stereocenters. The van der Waals surface area contributed by atoms with E-state index in [4.69, 9.17) is 5.73 Å². The molecule has 0 bridgehead atoms. The summed E-state index contributed by atoms with van der Waals surface area (Å²) < 4.78 is 0.939. The third-order valence-corrected chi connectivity index (χ3v) is 4.29. The van der Waals surface area contributed by atoms with Gasteiger partial charge in [0.15, 0.2) is 0 Å². The van der Waals surface area contributed by atoms with Crippen molar-refractivity contribution >= 4 is 44.5 Å². The predicted molar refractivity (Wildman–Crippen MR) is 80.3 cm³/mol. The van der Waals surface area contributed by atoms with Crippen molar-refractivity contribution in [1.29, 1.82) is 0 Å². The van der Waals surface area contributed by atoms with Gasteiger partial charge in [0.2, 0.25) is 0 Å². The SMILES string of the molecule is Cc1ccc(N)c(C)c1NC(=O)c1csc(Br)c1. The fraction of sp³-hybridized carbons (Fsp3) is 0.154. The molecule has 0 atom stereocenters. The lowest BCUT2D eigenvalue weighted by Gasteiger charge is -2.12. The highest BCUT2D eigenvalue weighted by Gasteiger charge is 2.12. The largest absolute Gasteiger partial charge is 0.398 e. The van der Waals surface area contributed by atoms with E-state index in [2.05, 4.69) is 21.2 Å². The van der Waals surface area contributed by atoms with E-state index in [0.29, 0.717) is 11.3 Å². The molecule has 0 aliphatic carbocycles. The standard InChI is InChI=1S/C13H13BrN2OS/c1-7-3-4-10(15)8(2)12(7)16-13(17)9-5-11(14)18-6-9/h3-6H,15H2,1-2H3,(H,16,17). The Morgan fingerprint density at radius 1 is 1.39 bits per heavy atom. The molecule has 0 fully saturated rings. The molecule has 94 valence electrons. The highest BCUT2D eigenvalue weighted by molar-refractivity contribution is 9.11. The van der Waals surface area contributed by atoms with E-state index in [1.165, 1.54) is 11.3 Å². The summed E-state index contributed by atoms with van der Waals surface area (Å²) in [5, 5.41) is 4.73. The second kappa shape index (κ2) is 5.12. The van der Waals surface area contributed by atoms with Gasteiger partial charge in [0.05, 0.1) is 9.35 Å². The number of rotatable bonds is 2. The molecule has 3 N–H and O–H groups in total. The van der Waals surface area contributed by atoms with Crippen LogP contribution in [0.1, 0.15) is 21.5 Å². The predicted octanol–water partition coefficient (Wildman–Crippen LogP) is 3.96. The van der Waals surface area contributed by atoms with E-state index in [1.54, 1.807) is 6.07 Å². The van der Waals surface area contributed by atoms with Crippen LogP contribution in [0.3, 0.4) is 0 Å². The molecule has 0 aliphatic heterocycles. The maximum absolute atomic E-state index is 12.1. The summed E-state index contributed by atoms with van der Waals surface area (Å²) in [6.07, 6.45) is 0. The second-order valence-corrected chi connectivity index (χ2v) is 6.36. The molecule has 2 rings (SSSR count). The third kappa shape index (κ3) is 2.57. The minimum absolute atomic E-state index is 0.117. The van der Waals surface area contributed by atoms with Gasteiger partial charge < -0.3 is 11.1 Å². The van der Waals surface area contributed by atoms with E-state index in [9.17, 15) is 4.79 Å². The van der Waals surface area contributed by atoms with Crippen LogP contribution in [0, 0.1) is 13.8 Å². The van der Waals surface area contributed by atoms with Crippen molar-refractivity contribution in [3.05, 3.63) is 44.1 Å². The number of thiophene rings is 1. The van der Waals surface area contributed by atoms with Gasteiger partial charge in [0.1, 0.15) is 0 Å². The molecule has 18 heavy (non-hydrogen) atoms. The summed E-state index contributed by atoms with van der Waals surface area (Å²) in [4.78, 5) is 12.1. The van der Waals surface area contributed by atoms with Crippen LogP contribution in [0.2, 0.25) is 0 Å². The second-order valence-electron chi connectivity index (χ2n) is 4.07. The Bertz CT molecular complexity index is 607. The number of hydrogen-bond donors (Lipinski definition) is 2. The molecule has 1 aromatic heterocycles. The third-order valence-electron chi connectivity index (χ3n) is 2.78. The van der Waals surface area contributed by atoms with Crippen LogP contribution in [0.15, 0.2) is 27.4 Å². The minimum atomic E-state index is -0.117. The van der Waals surface area contributed by atoms with Gasteiger partial charge in [0.25, 0.3) is 5.91 Å². The van der Waals surface area contributed by atoms with Crippen LogP contribution in [-0.2, 0) is 0 Å². The van der Waals surface area contributed by atoms with Crippen molar-refractivity contribution in [3.63, 3.8) is 0 Å². The number of anilines is 2. The van der Waals surface area contributed by atoms with Gasteiger partial charge in [-0.15, -0.1) is 11.3 Å². The molecule has 5 heteroatoms. The number of nitrogen functional groups attached to an aromatic ring is 1. The van der Waals surface area contributed by atoms with E-state index in [-0.39, 0.29) is 5.91 Å². The summed E-state index contributed by atoms with van der Waals surface area (Å²) in [5.74, 6) is -0.117. The van der Waals surface area contributed by atoms with Crippen molar-refractivity contribution in [2.75, 3.05) is 11.1 Å². The van der Waals surface area contributed by atoms with Crippen molar-refractivity contribution in [1.82, 2.24) is 0 Å². The Morgan fingerprint density at radius 2 is 2.11 bits per heavy atom.